The van der Waals surface area contributed by atoms with E-state index in [0.717, 1.165) is 18.9 Å². The monoisotopic (exact) mass is 274 g/mol. The summed E-state index contributed by atoms with van der Waals surface area (Å²) in [6.07, 6.45) is 1.99. The van der Waals surface area contributed by atoms with Crippen molar-refractivity contribution in [2.75, 3.05) is 6.61 Å². The summed E-state index contributed by atoms with van der Waals surface area (Å²) < 4.78 is 11.1. The van der Waals surface area contributed by atoms with Crippen molar-refractivity contribution in [1.82, 2.24) is 0 Å². The molecule has 0 atom stereocenters. The Morgan fingerprint density at radius 3 is 2.35 bits per heavy atom. The molecule has 5 heteroatoms. The largest absolute Gasteiger partial charge is 0.462 e. The number of carbonyl (C=O) groups is 1. The Hall–Kier alpha value is -0.396. The molecule has 17 heavy (non-hydrogen) atoms. The predicted octanol–water partition coefficient (Wildman–Crippen LogP) is 3.09. The summed E-state index contributed by atoms with van der Waals surface area (Å²) >= 11 is 0. The van der Waals surface area contributed by atoms with Crippen LogP contribution in [0.25, 0.3) is 0 Å². The third-order valence-electron chi connectivity index (χ3n) is 2.31. The van der Waals surface area contributed by atoms with Gasteiger partial charge in [0.2, 0.25) is 0 Å². The van der Waals surface area contributed by atoms with Crippen LogP contribution in [0.2, 0.25) is 32.2 Å². The van der Waals surface area contributed by atoms with E-state index in [1.165, 1.54) is 0 Å². The van der Waals surface area contributed by atoms with E-state index in [2.05, 4.69) is 32.8 Å². The van der Waals surface area contributed by atoms with Gasteiger partial charge in [0.25, 0.3) is 0 Å². The minimum absolute atomic E-state index is 0.285. The van der Waals surface area contributed by atoms with Crippen LogP contribution in [-0.2, 0) is 13.6 Å². The number of unbranched alkanes of at least 4 members (excludes halogenated alkanes) is 1. The lowest BCUT2D eigenvalue weighted by molar-refractivity contribution is -0.139. The highest BCUT2D eigenvalue weighted by atomic mass is 28.4. The molecule has 3 nitrogen and oxygen atoms in total. The van der Waals surface area contributed by atoms with Crippen molar-refractivity contribution in [1.29, 1.82) is 0 Å². The van der Waals surface area contributed by atoms with Gasteiger partial charge in [-0.25, -0.2) is 4.79 Å². The Labute approximate surface area is 108 Å². The first kappa shape index (κ1) is 16.6. The van der Waals surface area contributed by atoms with Crippen LogP contribution in [0.5, 0.6) is 0 Å². The maximum absolute atomic E-state index is 11.1. The number of hydrogen-bond acceptors (Lipinski definition) is 3. The lowest BCUT2D eigenvalue weighted by Gasteiger charge is -2.25. The van der Waals surface area contributed by atoms with Crippen molar-refractivity contribution in [2.45, 2.75) is 52.0 Å². The fourth-order valence-corrected chi connectivity index (χ4v) is 8.32. The Bertz CT molecular complexity index is 262. The zero-order valence-electron chi connectivity index (χ0n) is 11.8. The second-order valence-electron chi connectivity index (χ2n) is 5.30. The van der Waals surface area contributed by atoms with E-state index in [9.17, 15) is 4.79 Å². The summed E-state index contributed by atoms with van der Waals surface area (Å²) in [6.45, 7) is 14.7. The highest BCUT2D eigenvalue weighted by molar-refractivity contribution is 6.77. The highest BCUT2D eigenvalue weighted by Gasteiger charge is 2.22. The van der Waals surface area contributed by atoms with Gasteiger partial charge in [0.15, 0.2) is 17.4 Å². The molecule has 0 aromatic rings. The van der Waals surface area contributed by atoms with Gasteiger partial charge in [0, 0.05) is 5.57 Å². The highest BCUT2D eigenvalue weighted by Crippen LogP contribution is 2.16. The summed E-state index contributed by atoms with van der Waals surface area (Å²) in [5.41, 5.74) is 0.467. The van der Waals surface area contributed by atoms with Gasteiger partial charge in [-0.05, 0) is 45.6 Å². The van der Waals surface area contributed by atoms with Gasteiger partial charge in [-0.1, -0.05) is 13.0 Å². The SMILES string of the molecule is C=C(C)C(=O)OCCCC[Si](C)(C)O[SiH](C)C. The van der Waals surface area contributed by atoms with Crippen molar-refractivity contribution in [3.63, 3.8) is 0 Å². The van der Waals surface area contributed by atoms with Crippen LogP contribution in [-0.4, -0.2) is 29.9 Å². The van der Waals surface area contributed by atoms with E-state index >= 15 is 0 Å². The van der Waals surface area contributed by atoms with Crippen LogP contribution in [0.15, 0.2) is 12.2 Å². The van der Waals surface area contributed by atoms with Gasteiger partial charge in [-0.3, -0.25) is 0 Å². The van der Waals surface area contributed by atoms with E-state index in [-0.39, 0.29) is 5.97 Å². The number of rotatable bonds is 8. The third-order valence-corrected chi connectivity index (χ3v) is 8.31. The van der Waals surface area contributed by atoms with Gasteiger partial charge in [0.05, 0.1) is 6.61 Å². The molecule has 0 fully saturated rings. The fraction of sp³-hybridized carbons (Fsp3) is 0.750. The van der Waals surface area contributed by atoms with E-state index in [1.54, 1.807) is 6.92 Å². The first-order valence-electron chi connectivity index (χ1n) is 6.25. The minimum atomic E-state index is -1.46. The summed E-state index contributed by atoms with van der Waals surface area (Å²) in [5.74, 6) is -0.285. The van der Waals surface area contributed by atoms with Crippen LogP contribution < -0.4 is 0 Å². The third kappa shape index (κ3) is 9.32. The lowest BCUT2D eigenvalue weighted by Crippen LogP contribution is -2.35. The summed E-state index contributed by atoms with van der Waals surface area (Å²) in [7, 11) is -2.38. The van der Waals surface area contributed by atoms with Crippen LogP contribution in [0.3, 0.4) is 0 Å². The van der Waals surface area contributed by atoms with Crippen molar-refractivity contribution in [2.24, 2.45) is 0 Å². The molecule has 0 aliphatic carbocycles. The molecule has 0 bridgehead atoms. The first-order valence-corrected chi connectivity index (χ1v) is 12.1. The van der Waals surface area contributed by atoms with Crippen molar-refractivity contribution in [3.05, 3.63) is 12.2 Å². The summed E-state index contributed by atoms with van der Waals surface area (Å²) in [6, 6.07) is 1.14. The van der Waals surface area contributed by atoms with Crippen molar-refractivity contribution >= 4 is 23.3 Å². The minimum Gasteiger partial charge on any atom is -0.462 e. The molecular weight excluding hydrogens is 248 g/mol. The number of esters is 1. The molecule has 0 spiro atoms. The smallest absolute Gasteiger partial charge is 0.333 e. The average molecular weight is 275 g/mol. The topological polar surface area (TPSA) is 35.5 Å². The summed E-state index contributed by atoms with van der Waals surface area (Å²) in [5, 5.41) is 0. The molecule has 0 aliphatic rings. The Morgan fingerprint density at radius 1 is 1.29 bits per heavy atom. The Kier molecular flexibility index (Phi) is 7.66. The number of ether oxygens (including phenoxy) is 1. The van der Waals surface area contributed by atoms with Crippen molar-refractivity contribution in [3.8, 4) is 0 Å². The fourth-order valence-electron chi connectivity index (χ4n) is 1.64. The Morgan fingerprint density at radius 2 is 1.88 bits per heavy atom. The van der Waals surface area contributed by atoms with E-state index < -0.39 is 17.4 Å². The van der Waals surface area contributed by atoms with Crippen LogP contribution >= 0.6 is 0 Å². The van der Waals surface area contributed by atoms with Gasteiger partial charge < -0.3 is 8.85 Å². The molecule has 0 amide bonds. The van der Waals surface area contributed by atoms with E-state index in [0.29, 0.717) is 12.2 Å². The molecule has 0 aliphatic heterocycles. The zero-order valence-corrected chi connectivity index (χ0v) is 14.0. The molecule has 0 saturated heterocycles. The molecule has 0 aromatic heterocycles. The molecule has 0 N–H and O–H groups in total. The quantitative estimate of drug-likeness (QED) is 0.295. The van der Waals surface area contributed by atoms with Crippen LogP contribution in [0.1, 0.15) is 19.8 Å². The molecule has 0 unspecified atom stereocenters. The molecule has 100 valence electrons. The van der Waals surface area contributed by atoms with Gasteiger partial charge in [0.1, 0.15) is 0 Å². The molecule has 0 rings (SSSR count). The number of carbonyl (C=O) groups excluding carboxylic acids is 1. The Balaban J connectivity index is 3.64. The second kappa shape index (κ2) is 7.84. The molecule has 0 aromatic carbocycles. The van der Waals surface area contributed by atoms with Crippen molar-refractivity contribution < 1.29 is 13.6 Å². The predicted molar refractivity (Wildman–Crippen MR) is 77.3 cm³/mol. The standard InChI is InChI=1S/C12H26O3Si2/c1-11(2)12(13)14-9-7-8-10-17(5,6)15-16(3)4/h16H,1,7-10H2,2-6H3. The normalized spacial score (nSPS) is 11.6. The lowest BCUT2D eigenvalue weighted by atomic mass is 10.3. The number of hydrogen-bond donors (Lipinski definition) is 0. The molecule has 0 saturated carbocycles. The van der Waals surface area contributed by atoms with Crippen LogP contribution in [0, 0.1) is 0 Å². The maximum atomic E-state index is 11.1. The summed E-state index contributed by atoms with van der Waals surface area (Å²) in [4.78, 5) is 11.1. The molecule has 0 radical (unpaired) electrons. The van der Waals surface area contributed by atoms with E-state index in [1.807, 2.05) is 0 Å². The first-order chi connectivity index (χ1) is 7.74. The van der Waals surface area contributed by atoms with Gasteiger partial charge >= 0.3 is 5.97 Å². The maximum Gasteiger partial charge on any atom is 0.333 e. The second-order valence-corrected chi connectivity index (χ2v) is 12.4. The van der Waals surface area contributed by atoms with Gasteiger partial charge in [-0.15, -0.1) is 0 Å². The van der Waals surface area contributed by atoms with Gasteiger partial charge in [-0.2, -0.15) is 0 Å². The molecular formula is C12H26O3Si2. The van der Waals surface area contributed by atoms with E-state index in [4.69, 9.17) is 8.85 Å². The zero-order chi connectivity index (χ0) is 13.5. The molecule has 0 heterocycles. The van der Waals surface area contributed by atoms with Crippen LogP contribution in [0.4, 0.5) is 0 Å². The average Bonchev–Trinajstić information content (AvgIpc) is 2.14.